The summed E-state index contributed by atoms with van der Waals surface area (Å²) in [4.78, 5) is 17.1. The van der Waals surface area contributed by atoms with Crippen LogP contribution in [-0.2, 0) is 4.74 Å². The number of carbonyl (C=O) groups is 1. The van der Waals surface area contributed by atoms with Gasteiger partial charge in [-0.05, 0) is 41.8 Å². The van der Waals surface area contributed by atoms with Crippen LogP contribution < -0.4 is 4.74 Å². The van der Waals surface area contributed by atoms with Gasteiger partial charge in [-0.3, -0.25) is 9.69 Å². The summed E-state index contributed by atoms with van der Waals surface area (Å²) in [5.74, 6) is 1.53. The monoisotopic (exact) mass is 382 g/mol. The molecule has 1 aliphatic rings. The molecule has 0 saturated carbocycles. The molecule has 5 heteroatoms. The summed E-state index contributed by atoms with van der Waals surface area (Å²) in [7, 11) is 1.87. The van der Waals surface area contributed by atoms with E-state index in [1.54, 1.807) is 0 Å². The van der Waals surface area contributed by atoms with Crippen LogP contribution in [0, 0.1) is 5.41 Å². The molecule has 1 saturated heterocycles. The SMILES string of the molecule is CN(CC(C)(C)CN1CCOCC1)C(=O)c1ccc(Oc2ccccc2)cc1. The van der Waals surface area contributed by atoms with E-state index < -0.39 is 0 Å². The molecule has 0 aliphatic carbocycles. The highest BCUT2D eigenvalue weighted by atomic mass is 16.5. The molecule has 0 unspecified atom stereocenters. The van der Waals surface area contributed by atoms with Crippen LogP contribution in [0.4, 0.5) is 0 Å². The summed E-state index contributed by atoms with van der Waals surface area (Å²) in [6.07, 6.45) is 0. The third kappa shape index (κ3) is 5.81. The molecule has 2 aromatic rings. The first-order valence-corrected chi connectivity index (χ1v) is 9.81. The topological polar surface area (TPSA) is 42.0 Å². The Hall–Kier alpha value is -2.37. The third-order valence-corrected chi connectivity index (χ3v) is 4.85. The molecule has 0 bridgehead atoms. The second kappa shape index (κ2) is 9.22. The van der Waals surface area contributed by atoms with Gasteiger partial charge in [0.1, 0.15) is 11.5 Å². The molecule has 5 nitrogen and oxygen atoms in total. The Labute approximate surface area is 167 Å². The predicted octanol–water partition coefficient (Wildman–Crippen LogP) is 3.91. The van der Waals surface area contributed by atoms with Gasteiger partial charge >= 0.3 is 0 Å². The van der Waals surface area contributed by atoms with Crippen molar-refractivity contribution < 1.29 is 14.3 Å². The number of rotatable bonds is 7. The molecule has 1 fully saturated rings. The van der Waals surface area contributed by atoms with Gasteiger partial charge in [0.25, 0.3) is 5.91 Å². The lowest BCUT2D eigenvalue weighted by Gasteiger charge is -2.37. The van der Waals surface area contributed by atoms with E-state index in [4.69, 9.17) is 9.47 Å². The average molecular weight is 383 g/mol. The van der Waals surface area contributed by atoms with Gasteiger partial charge in [0.05, 0.1) is 13.2 Å². The Morgan fingerprint density at radius 1 is 1.04 bits per heavy atom. The zero-order valence-corrected chi connectivity index (χ0v) is 17.1. The van der Waals surface area contributed by atoms with E-state index in [1.807, 2.05) is 66.5 Å². The Kier molecular flexibility index (Phi) is 6.70. The Morgan fingerprint density at radius 2 is 1.64 bits per heavy atom. The Morgan fingerprint density at radius 3 is 2.29 bits per heavy atom. The fourth-order valence-corrected chi connectivity index (χ4v) is 3.64. The summed E-state index contributed by atoms with van der Waals surface area (Å²) < 4.78 is 11.2. The second-order valence-electron chi connectivity index (χ2n) is 8.15. The summed E-state index contributed by atoms with van der Waals surface area (Å²) >= 11 is 0. The van der Waals surface area contributed by atoms with Crippen LogP contribution in [0.25, 0.3) is 0 Å². The maximum Gasteiger partial charge on any atom is 0.253 e. The third-order valence-electron chi connectivity index (χ3n) is 4.85. The number of hydrogen-bond acceptors (Lipinski definition) is 4. The normalized spacial score (nSPS) is 15.2. The number of carbonyl (C=O) groups excluding carboxylic acids is 1. The molecule has 150 valence electrons. The zero-order valence-electron chi connectivity index (χ0n) is 17.1. The van der Waals surface area contributed by atoms with Crippen molar-refractivity contribution in [1.82, 2.24) is 9.80 Å². The summed E-state index contributed by atoms with van der Waals surface area (Å²) in [6.45, 7) is 9.59. The molecular formula is C23H30N2O3. The first-order valence-electron chi connectivity index (χ1n) is 9.81. The summed E-state index contributed by atoms with van der Waals surface area (Å²) in [6, 6.07) is 17.0. The predicted molar refractivity (Wildman–Crippen MR) is 111 cm³/mol. The number of hydrogen-bond donors (Lipinski definition) is 0. The van der Waals surface area contributed by atoms with Crippen molar-refractivity contribution in [2.24, 2.45) is 5.41 Å². The van der Waals surface area contributed by atoms with Gasteiger partial charge < -0.3 is 14.4 Å². The molecule has 1 amide bonds. The van der Waals surface area contributed by atoms with Gasteiger partial charge in [-0.1, -0.05) is 32.0 Å². The zero-order chi connectivity index (χ0) is 20.0. The highest BCUT2D eigenvalue weighted by molar-refractivity contribution is 5.94. The maximum absolute atomic E-state index is 12.8. The van der Waals surface area contributed by atoms with Crippen LogP contribution in [0.3, 0.4) is 0 Å². The van der Waals surface area contributed by atoms with E-state index in [0.717, 1.165) is 44.3 Å². The molecule has 0 atom stereocenters. The highest BCUT2D eigenvalue weighted by Gasteiger charge is 2.26. The Bertz CT molecular complexity index is 753. The largest absolute Gasteiger partial charge is 0.457 e. The highest BCUT2D eigenvalue weighted by Crippen LogP contribution is 2.23. The standard InChI is InChI=1S/C23H30N2O3/c1-23(2,18-25-13-15-27-16-14-25)17-24(3)22(26)19-9-11-21(12-10-19)28-20-7-5-4-6-8-20/h4-12H,13-18H2,1-3H3. The molecule has 3 rings (SSSR count). The van der Waals surface area contributed by atoms with Crippen molar-refractivity contribution in [3.63, 3.8) is 0 Å². The molecule has 0 N–H and O–H groups in total. The van der Waals surface area contributed by atoms with Crippen molar-refractivity contribution in [3.8, 4) is 11.5 Å². The molecule has 0 radical (unpaired) electrons. The summed E-state index contributed by atoms with van der Waals surface area (Å²) in [5.41, 5.74) is 0.683. The average Bonchev–Trinajstić information content (AvgIpc) is 2.69. The van der Waals surface area contributed by atoms with E-state index in [9.17, 15) is 4.79 Å². The van der Waals surface area contributed by atoms with E-state index in [2.05, 4.69) is 18.7 Å². The lowest BCUT2D eigenvalue weighted by atomic mass is 9.91. The van der Waals surface area contributed by atoms with Crippen LogP contribution in [0.1, 0.15) is 24.2 Å². The second-order valence-corrected chi connectivity index (χ2v) is 8.15. The van der Waals surface area contributed by atoms with Crippen molar-refractivity contribution in [3.05, 3.63) is 60.2 Å². The van der Waals surface area contributed by atoms with E-state index in [-0.39, 0.29) is 11.3 Å². The molecule has 2 aromatic carbocycles. The van der Waals surface area contributed by atoms with Gasteiger partial charge in [-0.2, -0.15) is 0 Å². The fourth-order valence-electron chi connectivity index (χ4n) is 3.64. The van der Waals surface area contributed by atoms with Gasteiger partial charge in [0.2, 0.25) is 0 Å². The summed E-state index contributed by atoms with van der Waals surface area (Å²) in [5, 5.41) is 0. The van der Waals surface area contributed by atoms with Crippen molar-refractivity contribution in [2.45, 2.75) is 13.8 Å². The van der Waals surface area contributed by atoms with Gasteiger partial charge in [-0.25, -0.2) is 0 Å². The molecule has 0 aromatic heterocycles. The molecule has 1 heterocycles. The first kappa shape index (κ1) is 20.4. The molecule has 28 heavy (non-hydrogen) atoms. The van der Waals surface area contributed by atoms with Crippen LogP contribution in [0.5, 0.6) is 11.5 Å². The first-order chi connectivity index (χ1) is 13.4. The number of ether oxygens (including phenoxy) is 2. The van der Waals surface area contributed by atoms with Gasteiger partial charge in [0, 0.05) is 38.8 Å². The van der Waals surface area contributed by atoms with Crippen LogP contribution >= 0.6 is 0 Å². The number of nitrogens with zero attached hydrogens (tertiary/aromatic N) is 2. The van der Waals surface area contributed by atoms with Gasteiger partial charge in [0.15, 0.2) is 0 Å². The minimum atomic E-state index is 0.0120. The van der Waals surface area contributed by atoms with Crippen LogP contribution in [0.2, 0.25) is 0 Å². The van der Waals surface area contributed by atoms with Crippen LogP contribution in [0.15, 0.2) is 54.6 Å². The van der Waals surface area contributed by atoms with Crippen molar-refractivity contribution in [1.29, 1.82) is 0 Å². The van der Waals surface area contributed by atoms with Crippen LogP contribution in [-0.4, -0.2) is 62.1 Å². The lowest BCUT2D eigenvalue weighted by molar-refractivity contribution is 0.0163. The Balaban J connectivity index is 1.56. The van der Waals surface area contributed by atoms with E-state index in [1.165, 1.54) is 0 Å². The molecule has 0 spiro atoms. The lowest BCUT2D eigenvalue weighted by Crippen LogP contribution is -2.46. The minimum absolute atomic E-state index is 0.0120. The number of amides is 1. The van der Waals surface area contributed by atoms with E-state index >= 15 is 0 Å². The number of benzene rings is 2. The minimum Gasteiger partial charge on any atom is -0.457 e. The van der Waals surface area contributed by atoms with Gasteiger partial charge in [-0.15, -0.1) is 0 Å². The maximum atomic E-state index is 12.8. The van der Waals surface area contributed by atoms with Crippen molar-refractivity contribution in [2.75, 3.05) is 46.4 Å². The number of morpholine rings is 1. The molecule has 1 aliphatic heterocycles. The smallest absolute Gasteiger partial charge is 0.253 e. The molecular weight excluding hydrogens is 352 g/mol. The quantitative estimate of drug-likeness (QED) is 0.728. The number of para-hydroxylation sites is 1. The van der Waals surface area contributed by atoms with Crippen molar-refractivity contribution >= 4 is 5.91 Å². The fraction of sp³-hybridized carbons (Fsp3) is 0.435. The van der Waals surface area contributed by atoms with E-state index in [0.29, 0.717) is 12.1 Å².